The van der Waals surface area contributed by atoms with Gasteiger partial charge in [-0.15, -0.1) is 13.2 Å². The van der Waals surface area contributed by atoms with E-state index in [9.17, 15) is 32.9 Å². The number of hydrogen-bond donors (Lipinski definition) is 1. The number of anilines is 2. The number of alkyl halides is 3. The molecular formula is C23H14F3N3O5. The fourth-order valence-corrected chi connectivity index (χ4v) is 3.39. The summed E-state index contributed by atoms with van der Waals surface area (Å²) in [5.74, 6) is -1.96. The number of nitrogens with zero attached hydrogens (tertiary/aromatic N) is 2. The van der Waals surface area contributed by atoms with Gasteiger partial charge in [-0.3, -0.25) is 19.7 Å². The van der Waals surface area contributed by atoms with Gasteiger partial charge in [0.25, 0.3) is 17.5 Å². The number of benzene rings is 3. The van der Waals surface area contributed by atoms with Gasteiger partial charge >= 0.3 is 6.36 Å². The zero-order valence-electron chi connectivity index (χ0n) is 17.1. The van der Waals surface area contributed by atoms with E-state index in [-0.39, 0.29) is 33.9 Å². The minimum absolute atomic E-state index is 0.0622. The molecule has 8 nitrogen and oxygen atoms in total. The Labute approximate surface area is 190 Å². The minimum Gasteiger partial charge on any atom is -0.406 e. The number of nitro benzene ring substituents is 1. The predicted octanol–water partition coefficient (Wildman–Crippen LogP) is 4.89. The topological polar surface area (TPSA) is 102 Å². The molecule has 0 atom stereocenters. The van der Waals surface area contributed by atoms with E-state index in [1.165, 1.54) is 36.4 Å². The fraction of sp³-hybridized carbons (Fsp3) is 0.0435. The molecule has 11 heteroatoms. The van der Waals surface area contributed by atoms with Crippen molar-refractivity contribution in [1.82, 2.24) is 0 Å². The number of carbonyl (C=O) groups is 2. The normalized spacial score (nSPS) is 13.9. The highest BCUT2D eigenvalue weighted by Gasteiger charge is 2.40. The Morgan fingerprint density at radius 1 is 0.882 bits per heavy atom. The van der Waals surface area contributed by atoms with E-state index in [2.05, 4.69) is 10.1 Å². The van der Waals surface area contributed by atoms with Crippen molar-refractivity contribution in [2.24, 2.45) is 0 Å². The lowest BCUT2D eigenvalue weighted by Crippen LogP contribution is -2.32. The Morgan fingerprint density at radius 2 is 1.56 bits per heavy atom. The van der Waals surface area contributed by atoms with Crippen LogP contribution in [0.25, 0.3) is 5.57 Å². The lowest BCUT2D eigenvalue weighted by Gasteiger charge is -2.15. The highest BCUT2D eigenvalue weighted by molar-refractivity contribution is 6.46. The number of nitro groups is 1. The number of para-hydroxylation sites is 1. The van der Waals surface area contributed by atoms with E-state index in [4.69, 9.17) is 0 Å². The first kappa shape index (κ1) is 22.5. The maximum absolute atomic E-state index is 13.3. The predicted molar refractivity (Wildman–Crippen MR) is 116 cm³/mol. The van der Waals surface area contributed by atoms with Gasteiger partial charge in [-0.05, 0) is 42.0 Å². The van der Waals surface area contributed by atoms with Crippen molar-refractivity contribution < 1.29 is 32.4 Å². The Kier molecular flexibility index (Phi) is 5.76. The largest absolute Gasteiger partial charge is 0.573 e. The molecule has 0 aromatic heterocycles. The van der Waals surface area contributed by atoms with Gasteiger partial charge in [-0.25, -0.2) is 4.90 Å². The first-order valence-corrected chi connectivity index (χ1v) is 9.70. The van der Waals surface area contributed by atoms with Crippen molar-refractivity contribution >= 4 is 34.4 Å². The van der Waals surface area contributed by atoms with Crippen LogP contribution < -0.4 is 15.0 Å². The summed E-state index contributed by atoms with van der Waals surface area (Å²) in [6.07, 6.45) is -4.91. The average molecular weight is 469 g/mol. The molecule has 0 radical (unpaired) electrons. The molecule has 4 rings (SSSR count). The van der Waals surface area contributed by atoms with E-state index in [0.29, 0.717) is 0 Å². The van der Waals surface area contributed by atoms with E-state index in [1.807, 2.05) is 0 Å². The molecule has 34 heavy (non-hydrogen) atoms. The van der Waals surface area contributed by atoms with Gasteiger partial charge in [-0.1, -0.05) is 24.3 Å². The Morgan fingerprint density at radius 3 is 2.18 bits per heavy atom. The van der Waals surface area contributed by atoms with Crippen LogP contribution in [0.5, 0.6) is 5.75 Å². The molecule has 1 heterocycles. The smallest absolute Gasteiger partial charge is 0.406 e. The summed E-state index contributed by atoms with van der Waals surface area (Å²) < 4.78 is 41.7. The highest BCUT2D eigenvalue weighted by Crippen LogP contribution is 2.35. The van der Waals surface area contributed by atoms with Crippen molar-refractivity contribution in [2.45, 2.75) is 6.36 Å². The van der Waals surface area contributed by atoms with E-state index >= 15 is 0 Å². The van der Waals surface area contributed by atoms with Crippen LogP contribution in [-0.4, -0.2) is 23.1 Å². The minimum atomic E-state index is -4.91. The molecule has 0 bridgehead atoms. The standard InChI is InChI=1S/C23H14F3N3O5/c24-23(25,26)34-18-8-4-5-15(13-18)27-20-19(14-9-11-17(12-10-14)29(32)33)21(30)28(22(20)31)16-6-2-1-3-7-16/h1-13,27H. The van der Waals surface area contributed by atoms with Crippen LogP contribution in [0.3, 0.4) is 0 Å². The Bertz CT molecular complexity index is 1310. The van der Waals surface area contributed by atoms with Crippen LogP contribution >= 0.6 is 0 Å². The third-order valence-corrected chi connectivity index (χ3v) is 4.80. The van der Waals surface area contributed by atoms with Crippen molar-refractivity contribution in [2.75, 3.05) is 10.2 Å². The molecule has 0 aliphatic carbocycles. The molecule has 3 aromatic carbocycles. The monoisotopic (exact) mass is 469 g/mol. The van der Waals surface area contributed by atoms with Crippen LogP contribution in [0, 0.1) is 10.1 Å². The number of halogens is 3. The molecule has 0 saturated carbocycles. The zero-order valence-corrected chi connectivity index (χ0v) is 17.1. The molecule has 3 aromatic rings. The lowest BCUT2D eigenvalue weighted by atomic mass is 10.0. The lowest BCUT2D eigenvalue weighted by molar-refractivity contribution is -0.384. The zero-order chi connectivity index (χ0) is 24.5. The second-order valence-electron chi connectivity index (χ2n) is 7.04. The number of ether oxygens (including phenoxy) is 1. The van der Waals surface area contributed by atoms with Crippen LogP contribution in [0.1, 0.15) is 5.56 Å². The number of imide groups is 1. The first-order valence-electron chi connectivity index (χ1n) is 9.70. The maximum Gasteiger partial charge on any atom is 0.573 e. The highest BCUT2D eigenvalue weighted by atomic mass is 19.4. The van der Waals surface area contributed by atoms with Gasteiger partial charge in [0.1, 0.15) is 11.4 Å². The summed E-state index contributed by atoms with van der Waals surface area (Å²) >= 11 is 0. The number of amides is 2. The molecule has 0 saturated heterocycles. The number of carbonyl (C=O) groups excluding carboxylic acids is 2. The molecule has 0 fully saturated rings. The van der Waals surface area contributed by atoms with Gasteiger partial charge < -0.3 is 10.1 Å². The maximum atomic E-state index is 13.3. The SMILES string of the molecule is O=C1C(Nc2cccc(OC(F)(F)F)c2)=C(c2ccc([N+](=O)[O-])cc2)C(=O)N1c1ccccc1. The van der Waals surface area contributed by atoms with Gasteiger partial charge in [0.2, 0.25) is 0 Å². The summed E-state index contributed by atoms with van der Waals surface area (Å²) in [6.45, 7) is 0. The molecule has 2 amide bonds. The summed E-state index contributed by atoms with van der Waals surface area (Å²) in [6, 6.07) is 17.8. The van der Waals surface area contributed by atoms with Crippen LogP contribution in [-0.2, 0) is 9.59 Å². The average Bonchev–Trinajstić information content (AvgIpc) is 3.02. The summed E-state index contributed by atoms with van der Waals surface area (Å²) in [5.41, 5.74) is 0.0491. The van der Waals surface area contributed by atoms with E-state index in [1.54, 1.807) is 30.3 Å². The third-order valence-electron chi connectivity index (χ3n) is 4.80. The molecule has 1 N–H and O–H groups in total. The summed E-state index contributed by atoms with van der Waals surface area (Å²) in [4.78, 5) is 37.8. The number of rotatable bonds is 6. The van der Waals surface area contributed by atoms with Crippen LogP contribution in [0.2, 0.25) is 0 Å². The third kappa shape index (κ3) is 4.58. The molecule has 0 spiro atoms. The molecule has 1 aliphatic rings. The van der Waals surface area contributed by atoms with Gasteiger partial charge in [0, 0.05) is 23.9 Å². The van der Waals surface area contributed by atoms with Crippen LogP contribution in [0.4, 0.5) is 30.2 Å². The molecule has 1 aliphatic heterocycles. The number of hydrogen-bond acceptors (Lipinski definition) is 6. The first-order chi connectivity index (χ1) is 16.1. The fourth-order valence-electron chi connectivity index (χ4n) is 3.39. The number of non-ortho nitro benzene ring substituents is 1. The summed E-state index contributed by atoms with van der Waals surface area (Å²) in [5, 5.41) is 13.7. The summed E-state index contributed by atoms with van der Waals surface area (Å²) in [7, 11) is 0. The second kappa shape index (κ2) is 8.70. The Balaban J connectivity index is 1.77. The van der Waals surface area contributed by atoms with Gasteiger partial charge in [0.15, 0.2) is 0 Å². The Hall–Kier alpha value is -4.67. The molecule has 172 valence electrons. The van der Waals surface area contributed by atoms with Crippen molar-refractivity contribution in [3.8, 4) is 5.75 Å². The van der Waals surface area contributed by atoms with Crippen molar-refractivity contribution in [3.63, 3.8) is 0 Å². The van der Waals surface area contributed by atoms with E-state index in [0.717, 1.165) is 17.0 Å². The van der Waals surface area contributed by atoms with Crippen molar-refractivity contribution in [3.05, 3.63) is 100 Å². The van der Waals surface area contributed by atoms with Gasteiger partial charge in [0.05, 0.1) is 16.2 Å². The van der Waals surface area contributed by atoms with Gasteiger partial charge in [-0.2, -0.15) is 0 Å². The van der Waals surface area contributed by atoms with Crippen molar-refractivity contribution in [1.29, 1.82) is 0 Å². The van der Waals surface area contributed by atoms with E-state index < -0.39 is 28.8 Å². The second-order valence-corrected chi connectivity index (χ2v) is 7.04. The molecular weight excluding hydrogens is 455 g/mol. The molecule has 0 unspecified atom stereocenters. The number of nitrogens with one attached hydrogen (secondary N) is 1. The van der Waals surface area contributed by atoms with Crippen LogP contribution in [0.15, 0.2) is 84.6 Å². The quantitative estimate of drug-likeness (QED) is 0.313.